The van der Waals surface area contributed by atoms with Crippen LogP contribution in [0.2, 0.25) is 0 Å². The number of nitrogens with zero attached hydrogens (tertiary/aromatic N) is 1. The van der Waals surface area contributed by atoms with Crippen molar-refractivity contribution in [3.8, 4) is 0 Å². The van der Waals surface area contributed by atoms with Crippen molar-refractivity contribution in [2.24, 2.45) is 0 Å². The highest BCUT2D eigenvalue weighted by Gasteiger charge is 2.19. The van der Waals surface area contributed by atoms with E-state index in [1.807, 2.05) is 47.4 Å². The Hall–Kier alpha value is -1.29. The van der Waals surface area contributed by atoms with Gasteiger partial charge in [-0.2, -0.15) is 0 Å². The molecule has 1 heterocycles. The minimum absolute atomic E-state index is 0. The van der Waals surface area contributed by atoms with Gasteiger partial charge in [0.25, 0.3) is 5.91 Å². The zero-order valence-corrected chi connectivity index (χ0v) is 12.7. The highest BCUT2D eigenvalue weighted by molar-refractivity contribution is 6.07. The normalized spacial score (nSPS) is 14.3. The Kier molecular flexibility index (Phi) is 6.27. The van der Waals surface area contributed by atoms with Crippen molar-refractivity contribution < 1.29 is 4.79 Å². The van der Waals surface area contributed by atoms with Gasteiger partial charge in [-0.25, -0.2) is 0 Å². The number of piperazine rings is 1. The van der Waals surface area contributed by atoms with E-state index in [-0.39, 0.29) is 30.7 Å². The monoisotopic (exact) mass is 312 g/mol. The SMILES string of the molecule is Cl.Cl.O=C(c1cccc2ccccc12)N1CCNCC1. The molecule has 0 aliphatic carbocycles. The Balaban J connectivity index is 0.000001000. The molecule has 0 radical (unpaired) electrons. The molecule has 0 bridgehead atoms. The van der Waals surface area contributed by atoms with Crippen molar-refractivity contribution in [2.45, 2.75) is 0 Å². The predicted molar refractivity (Wildman–Crippen MR) is 87.2 cm³/mol. The van der Waals surface area contributed by atoms with E-state index in [9.17, 15) is 4.79 Å². The lowest BCUT2D eigenvalue weighted by Gasteiger charge is -2.27. The standard InChI is InChI=1S/C15H16N2O.2ClH/c18-15(17-10-8-16-9-11-17)14-7-3-5-12-4-1-2-6-13(12)14;;/h1-7,16H,8-11H2;2*1H. The van der Waals surface area contributed by atoms with Crippen molar-refractivity contribution in [3.05, 3.63) is 48.0 Å². The Morgan fingerprint density at radius 3 is 2.35 bits per heavy atom. The van der Waals surface area contributed by atoms with Gasteiger partial charge in [-0.15, -0.1) is 24.8 Å². The van der Waals surface area contributed by atoms with Gasteiger partial charge in [0, 0.05) is 31.7 Å². The molecule has 5 heteroatoms. The summed E-state index contributed by atoms with van der Waals surface area (Å²) >= 11 is 0. The van der Waals surface area contributed by atoms with E-state index < -0.39 is 0 Å². The van der Waals surface area contributed by atoms with Gasteiger partial charge >= 0.3 is 0 Å². The molecule has 1 aliphatic rings. The summed E-state index contributed by atoms with van der Waals surface area (Å²) in [5, 5.41) is 5.43. The van der Waals surface area contributed by atoms with E-state index in [2.05, 4.69) is 5.32 Å². The Labute approximate surface area is 131 Å². The van der Waals surface area contributed by atoms with E-state index in [0.717, 1.165) is 42.5 Å². The number of halogens is 2. The fourth-order valence-corrected chi connectivity index (χ4v) is 2.45. The first-order valence-electron chi connectivity index (χ1n) is 6.34. The molecule has 3 nitrogen and oxygen atoms in total. The molecule has 0 saturated carbocycles. The van der Waals surface area contributed by atoms with Gasteiger partial charge in [0.1, 0.15) is 0 Å². The van der Waals surface area contributed by atoms with E-state index in [1.165, 1.54) is 0 Å². The van der Waals surface area contributed by atoms with Gasteiger partial charge < -0.3 is 10.2 Å². The molecule has 1 aliphatic heterocycles. The summed E-state index contributed by atoms with van der Waals surface area (Å²) in [5.74, 6) is 0.147. The number of carbonyl (C=O) groups is 1. The highest BCUT2D eigenvalue weighted by atomic mass is 35.5. The fourth-order valence-electron chi connectivity index (χ4n) is 2.45. The molecule has 1 amide bonds. The topological polar surface area (TPSA) is 32.3 Å². The molecule has 3 rings (SSSR count). The van der Waals surface area contributed by atoms with Crippen LogP contribution in [-0.2, 0) is 0 Å². The first kappa shape index (κ1) is 16.8. The lowest BCUT2D eigenvalue weighted by Crippen LogP contribution is -2.46. The molecule has 0 spiro atoms. The minimum Gasteiger partial charge on any atom is -0.336 e. The third-order valence-electron chi connectivity index (χ3n) is 3.42. The van der Waals surface area contributed by atoms with Crippen LogP contribution in [0.4, 0.5) is 0 Å². The third kappa shape index (κ3) is 3.23. The highest BCUT2D eigenvalue weighted by Crippen LogP contribution is 2.20. The van der Waals surface area contributed by atoms with Crippen molar-refractivity contribution in [1.29, 1.82) is 0 Å². The number of carbonyl (C=O) groups excluding carboxylic acids is 1. The average molecular weight is 313 g/mol. The van der Waals surface area contributed by atoms with Crippen LogP contribution in [0.15, 0.2) is 42.5 Å². The van der Waals surface area contributed by atoms with Crippen LogP contribution in [0.3, 0.4) is 0 Å². The van der Waals surface area contributed by atoms with Crippen LogP contribution in [0, 0.1) is 0 Å². The largest absolute Gasteiger partial charge is 0.336 e. The van der Waals surface area contributed by atoms with Crippen molar-refractivity contribution in [2.75, 3.05) is 26.2 Å². The average Bonchev–Trinajstić information content (AvgIpc) is 2.47. The summed E-state index contributed by atoms with van der Waals surface area (Å²) in [7, 11) is 0. The molecular formula is C15H18Cl2N2O. The molecule has 1 fully saturated rings. The molecule has 2 aromatic rings. The molecule has 20 heavy (non-hydrogen) atoms. The summed E-state index contributed by atoms with van der Waals surface area (Å²) in [4.78, 5) is 14.4. The molecule has 2 aromatic carbocycles. The summed E-state index contributed by atoms with van der Waals surface area (Å²) in [6.07, 6.45) is 0. The van der Waals surface area contributed by atoms with E-state index in [4.69, 9.17) is 0 Å². The molecule has 0 atom stereocenters. The first-order chi connectivity index (χ1) is 8.86. The second-order valence-electron chi connectivity index (χ2n) is 4.57. The second-order valence-corrected chi connectivity index (χ2v) is 4.57. The quantitative estimate of drug-likeness (QED) is 0.878. The van der Waals surface area contributed by atoms with Gasteiger partial charge in [0.05, 0.1) is 0 Å². The van der Waals surface area contributed by atoms with Crippen molar-refractivity contribution in [1.82, 2.24) is 10.2 Å². The maximum absolute atomic E-state index is 12.5. The Morgan fingerprint density at radius 1 is 0.950 bits per heavy atom. The van der Waals surface area contributed by atoms with Gasteiger partial charge in [0.15, 0.2) is 0 Å². The minimum atomic E-state index is 0. The van der Waals surface area contributed by atoms with E-state index >= 15 is 0 Å². The molecule has 0 unspecified atom stereocenters. The molecular weight excluding hydrogens is 295 g/mol. The molecule has 1 N–H and O–H groups in total. The number of hydrogen-bond acceptors (Lipinski definition) is 2. The summed E-state index contributed by atoms with van der Waals surface area (Å²) in [6, 6.07) is 14.0. The predicted octanol–water partition coefficient (Wildman–Crippen LogP) is 2.73. The summed E-state index contributed by atoms with van der Waals surface area (Å²) in [5.41, 5.74) is 0.815. The lowest BCUT2D eigenvalue weighted by atomic mass is 10.0. The number of fused-ring (bicyclic) bond motifs is 1. The zero-order chi connectivity index (χ0) is 12.4. The van der Waals surface area contributed by atoms with E-state index in [1.54, 1.807) is 0 Å². The van der Waals surface area contributed by atoms with Crippen LogP contribution in [0.1, 0.15) is 10.4 Å². The third-order valence-corrected chi connectivity index (χ3v) is 3.42. The second kappa shape index (κ2) is 7.48. The van der Waals surface area contributed by atoms with Crippen LogP contribution in [0.25, 0.3) is 10.8 Å². The first-order valence-corrected chi connectivity index (χ1v) is 6.34. The van der Waals surface area contributed by atoms with Crippen LogP contribution >= 0.6 is 24.8 Å². The van der Waals surface area contributed by atoms with E-state index in [0.29, 0.717) is 0 Å². The fraction of sp³-hybridized carbons (Fsp3) is 0.267. The smallest absolute Gasteiger partial charge is 0.254 e. The molecule has 108 valence electrons. The van der Waals surface area contributed by atoms with Crippen molar-refractivity contribution >= 4 is 41.5 Å². The zero-order valence-electron chi connectivity index (χ0n) is 11.0. The number of amides is 1. The number of benzene rings is 2. The van der Waals surface area contributed by atoms with Crippen LogP contribution in [-0.4, -0.2) is 37.0 Å². The summed E-state index contributed by atoms with van der Waals surface area (Å²) < 4.78 is 0. The van der Waals surface area contributed by atoms with Crippen molar-refractivity contribution in [3.63, 3.8) is 0 Å². The number of nitrogens with one attached hydrogen (secondary N) is 1. The Morgan fingerprint density at radius 2 is 1.60 bits per heavy atom. The van der Waals surface area contributed by atoms with Gasteiger partial charge in [-0.05, 0) is 16.8 Å². The molecule has 0 aromatic heterocycles. The number of hydrogen-bond donors (Lipinski definition) is 1. The van der Waals surface area contributed by atoms with Gasteiger partial charge in [-0.1, -0.05) is 36.4 Å². The van der Waals surface area contributed by atoms with Gasteiger partial charge in [0.2, 0.25) is 0 Å². The van der Waals surface area contributed by atoms with Crippen LogP contribution < -0.4 is 5.32 Å². The van der Waals surface area contributed by atoms with Gasteiger partial charge in [-0.3, -0.25) is 4.79 Å². The maximum atomic E-state index is 12.5. The van der Waals surface area contributed by atoms with Crippen LogP contribution in [0.5, 0.6) is 0 Å². The summed E-state index contributed by atoms with van der Waals surface area (Å²) in [6.45, 7) is 3.36. The molecule has 1 saturated heterocycles. The number of rotatable bonds is 1. The lowest BCUT2D eigenvalue weighted by molar-refractivity contribution is 0.0738. The Bertz CT molecular complexity index is 578. The maximum Gasteiger partial charge on any atom is 0.254 e.